The molecule has 1 N–H and O–H groups in total. The second-order valence-corrected chi connectivity index (χ2v) is 2.82. The molecule has 9 heavy (non-hydrogen) atoms. The number of hydrogen-bond acceptors (Lipinski definition) is 1. The molecule has 52 valence electrons. The molecule has 1 aliphatic rings. The number of aliphatic hydroxyl groups excluding tert-OH is 1. The maximum Gasteiger partial charge on any atom is 0.0545 e. The van der Waals surface area contributed by atoms with Gasteiger partial charge in [-0.2, -0.15) is 0 Å². The molecule has 0 spiro atoms. The standard InChI is InChI=1S/C8H14O/c1-2-7-4-3-5-8(9)6-7/h2,7-9H,1,3-6H2/t7-,8+/m1/s1. The van der Waals surface area contributed by atoms with Crippen molar-refractivity contribution in [2.75, 3.05) is 0 Å². The van der Waals surface area contributed by atoms with E-state index in [-0.39, 0.29) is 6.10 Å². The quantitative estimate of drug-likeness (QED) is 0.530. The van der Waals surface area contributed by atoms with Gasteiger partial charge in [-0.05, 0) is 25.2 Å². The van der Waals surface area contributed by atoms with Gasteiger partial charge >= 0.3 is 0 Å². The summed E-state index contributed by atoms with van der Waals surface area (Å²) in [6.07, 6.45) is 6.22. The monoisotopic (exact) mass is 126 g/mol. The van der Waals surface area contributed by atoms with Crippen molar-refractivity contribution >= 4 is 0 Å². The lowest BCUT2D eigenvalue weighted by molar-refractivity contribution is 0.113. The van der Waals surface area contributed by atoms with Crippen LogP contribution in [0.5, 0.6) is 0 Å². The van der Waals surface area contributed by atoms with Crippen LogP contribution in [0.4, 0.5) is 0 Å². The van der Waals surface area contributed by atoms with Gasteiger partial charge in [-0.25, -0.2) is 0 Å². The van der Waals surface area contributed by atoms with Crippen LogP contribution in [-0.4, -0.2) is 11.2 Å². The lowest BCUT2D eigenvalue weighted by atomic mass is 9.87. The Kier molecular flexibility index (Phi) is 2.29. The Balaban J connectivity index is 2.31. The highest BCUT2D eigenvalue weighted by molar-refractivity contribution is 4.84. The molecular weight excluding hydrogens is 112 g/mol. The van der Waals surface area contributed by atoms with Crippen molar-refractivity contribution < 1.29 is 5.11 Å². The molecule has 0 saturated heterocycles. The molecule has 1 aliphatic carbocycles. The highest BCUT2D eigenvalue weighted by atomic mass is 16.3. The topological polar surface area (TPSA) is 20.2 Å². The van der Waals surface area contributed by atoms with Gasteiger partial charge in [-0.15, -0.1) is 6.58 Å². The average Bonchev–Trinajstić information content (AvgIpc) is 1.88. The van der Waals surface area contributed by atoms with E-state index < -0.39 is 0 Å². The van der Waals surface area contributed by atoms with Crippen LogP contribution in [0, 0.1) is 5.92 Å². The van der Waals surface area contributed by atoms with Gasteiger partial charge in [0.1, 0.15) is 0 Å². The molecule has 0 aromatic rings. The second kappa shape index (κ2) is 3.02. The first-order valence-electron chi connectivity index (χ1n) is 3.63. The van der Waals surface area contributed by atoms with E-state index in [0.717, 1.165) is 19.3 Å². The van der Waals surface area contributed by atoms with Crippen molar-refractivity contribution in [2.24, 2.45) is 5.92 Å². The maximum absolute atomic E-state index is 9.16. The minimum absolute atomic E-state index is 0.0539. The molecule has 0 aliphatic heterocycles. The van der Waals surface area contributed by atoms with E-state index in [0.29, 0.717) is 5.92 Å². The van der Waals surface area contributed by atoms with E-state index in [2.05, 4.69) is 6.58 Å². The van der Waals surface area contributed by atoms with Crippen molar-refractivity contribution in [3.63, 3.8) is 0 Å². The van der Waals surface area contributed by atoms with Crippen LogP contribution in [0.3, 0.4) is 0 Å². The van der Waals surface area contributed by atoms with Crippen LogP contribution in [0.2, 0.25) is 0 Å². The van der Waals surface area contributed by atoms with E-state index in [1.54, 1.807) is 0 Å². The summed E-state index contributed by atoms with van der Waals surface area (Å²) < 4.78 is 0. The first-order chi connectivity index (χ1) is 4.33. The van der Waals surface area contributed by atoms with E-state index >= 15 is 0 Å². The zero-order chi connectivity index (χ0) is 6.69. The summed E-state index contributed by atoms with van der Waals surface area (Å²) in [4.78, 5) is 0. The molecule has 1 saturated carbocycles. The SMILES string of the molecule is C=C[C@@H]1CCC[C@H](O)C1. The summed E-state index contributed by atoms with van der Waals surface area (Å²) in [5, 5.41) is 9.16. The molecule has 1 nitrogen and oxygen atoms in total. The van der Waals surface area contributed by atoms with Crippen LogP contribution < -0.4 is 0 Å². The molecule has 0 aromatic heterocycles. The summed E-state index contributed by atoms with van der Waals surface area (Å²) >= 11 is 0. The van der Waals surface area contributed by atoms with Crippen molar-refractivity contribution in [2.45, 2.75) is 31.8 Å². The normalized spacial score (nSPS) is 36.1. The van der Waals surface area contributed by atoms with E-state index in [1.165, 1.54) is 6.42 Å². The molecule has 1 rings (SSSR count). The van der Waals surface area contributed by atoms with Crippen LogP contribution in [0.1, 0.15) is 25.7 Å². The van der Waals surface area contributed by atoms with Crippen LogP contribution in [-0.2, 0) is 0 Å². The van der Waals surface area contributed by atoms with Gasteiger partial charge in [0.15, 0.2) is 0 Å². The third kappa shape index (κ3) is 1.83. The highest BCUT2D eigenvalue weighted by Crippen LogP contribution is 2.24. The number of rotatable bonds is 1. The Hall–Kier alpha value is -0.300. The molecule has 1 heteroatoms. The molecule has 0 aromatic carbocycles. The maximum atomic E-state index is 9.16. The van der Waals surface area contributed by atoms with Gasteiger partial charge < -0.3 is 5.11 Å². The fourth-order valence-corrected chi connectivity index (χ4v) is 1.41. The Labute approximate surface area is 56.4 Å². The second-order valence-electron chi connectivity index (χ2n) is 2.82. The third-order valence-electron chi connectivity index (χ3n) is 2.02. The Bertz CT molecular complexity index is 98.7. The summed E-state index contributed by atoms with van der Waals surface area (Å²) in [6, 6.07) is 0. The van der Waals surface area contributed by atoms with Crippen LogP contribution in [0.15, 0.2) is 12.7 Å². The van der Waals surface area contributed by atoms with Crippen molar-refractivity contribution in [3.8, 4) is 0 Å². The van der Waals surface area contributed by atoms with Gasteiger partial charge in [0, 0.05) is 0 Å². The Morgan fingerprint density at radius 1 is 1.44 bits per heavy atom. The lowest BCUT2D eigenvalue weighted by Crippen LogP contribution is -2.17. The van der Waals surface area contributed by atoms with Gasteiger partial charge in [-0.3, -0.25) is 0 Å². The Morgan fingerprint density at radius 2 is 2.22 bits per heavy atom. The summed E-state index contributed by atoms with van der Waals surface area (Å²) in [6.45, 7) is 3.71. The molecule has 1 fully saturated rings. The van der Waals surface area contributed by atoms with Crippen molar-refractivity contribution in [1.82, 2.24) is 0 Å². The largest absolute Gasteiger partial charge is 0.393 e. The van der Waals surface area contributed by atoms with Crippen LogP contribution in [0.25, 0.3) is 0 Å². The zero-order valence-corrected chi connectivity index (χ0v) is 5.71. The highest BCUT2D eigenvalue weighted by Gasteiger charge is 2.16. The molecule has 0 heterocycles. The predicted molar refractivity (Wildman–Crippen MR) is 38.2 cm³/mol. The molecular formula is C8H14O. The fraction of sp³-hybridized carbons (Fsp3) is 0.750. The summed E-state index contributed by atoms with van der Waals surface area (Å²) in [7, 11) is 0. The molecule has 2 atom stereocenters. The Morgan fingerprint density at radius 3 is 2.67 bits per heavy atom. The van der Waals surface area contributed by atoms with Crippen molar-refractivity contribution in [1.29, 1.82) is 0 Å². The van der Waals surface area contributed by atoms with Gasteiger partial charge in [0.05, 0.1) is 6.10 Å². The smallest absolute Gasteiger partial charge is 0.0545 e. The van der Waals surface area contributed by atoms with E-state index in [1.807, 2.05) is 6.08 Å². The number of hydrogen-bond donors (Lipinski definition) is 1. The fourth-order valence-electron chi connectivity index (χ4n) is 1.41. The third-order valence-corrected chi connectivity index (χ3v) is 2.02. The number of allylic oxidation sites excluding steroid dienone is 1. The van der Waals surface area contributed by atoms with Crippen molar-refractivity contribution in [3.05, 3.63) is 12.7 Å². The molecule has 0 amide bonds. The van der Waals surface area contributed by atoms with Crippen LogP contribution >= 0.6 is 0 Å². The molecule has 0 bridgehead atoms. The van der Waals surface area contributed by atoms with E-state index in [9.17, 15) is 0 Å². The zero-order valence-electron chi connectivity index (χ0n) is 5.71. The number of aliphatic hydroxyl groups is 1. The van der Waals surface area contributed by atoms with Gasteiger partial charge in [-0.1, -0.05) is 12.5 Å². The summed E-state index contributed by atoms with van der Waals surface area (Å²) in [5.74, 6) is 0.578. The van der Waals surface area contributed by atoms with Gasteiger partial charge in [0.2, 0.25) is 0 Å². The molecule has 0 radical (unpaired) electrons. The molecule has 0 unspecified atom stereocenters. The minimum atomic E-state index is -0.0539. The lowest BCUT2D eigenvalue weighted by Gasteiger charge is -2.22. The average molecular weight is 126 g/mol. The first-order valence-corrected chi connectivity index (χ1v) is 3.63. The summed E-state index contributed by atoms with van der Waals surface area (Å²) in [5.41, 5.74) is 0. The van der Waals surface area contributed by atoms with Gasteiger partial charge in [0.25, 0.3) is 0 Å². The first kappa shape index (κ1) is 6.81. The van der Waals surface area contributed by atoms with E-state index in [4.69, 9.17) is 5.11 Å². The predicted octanol–water partition coefficient (Wildman–Crippen LogP) is 1.72. The minimum Gasteiger partial charge on any atom is -0.393 e.